The van der Waals surface area contributed by atoms with E-state index in [1.54, 1.807) is 6.08 Å². The van der Waals surface area contributed by atoms with Crippen molar-refractivity contribution in [2.24, 2.45) is 0 Å². The summed E-state index contributed by atoms with van der Waals surface area (Å²) in [5.41, 5.74) is 0. The van der Waals surface area contributed by atoms with Gasteiger partial charge in [0.25, 0.3) is 0 Å². The van der Waals surface area contributed by atoms with Crippen LogP contribution in [0.25, 0.3) is 0 Å². The molecule has 0 fully saturated rings. The van der Waals surface area contributed by atoms with E-state index < -0.39 is 4.92 Å². The topological polar surface area (TPSA) is 90.1 Å². The lowest BCUT2D eigenvalue weighted by molar-refractivity contribution is -0.389. The molecule has 0 aliphatic carbocycles. The van der Waals surface area contributed by atoms with Crippen molar-refractivity contribution in [1.29, 1.82) is 0 Å². The first-order valence-corrected chi connectivity index (χ1v) is 4.19. The number of nitro groups is 1. The predicted octanol–water partition coefficient (Wildman–Crippen LogP) is 0.0935. The fraction of sp³-hybridized carbons (Fsp3) is 0.250. The molecule has 1 rings (SSSR count). The summed E-state index contributed by atoms with van der Waals surface area (Å²) in [7, 11) is 0. The van der Waals surface area contributed by atoms with Gasteiger partial charge in [-0.1, -0.05) is 6.08 Å². The van der Waals surface area contributed by atoms with E-state index in [-0.39, 0.29) is 18.3 Å². The van der Waals surface area contributed by atoms with Gasteiger partial charge in [0, 0.05) is 6.54 Å². The fourth-order valence-corrected chi connectivity index (χ4v) is 0.925. The van der Waals surface area contributed by atoms with E-state index in [0.717, 1.165) is 0 Å². The molecule has 0 spiro atoms. The number of hydrogen-bond donors (Lipinski definition) is 1. The van der Waals surface area contributed by atoms with Crippen LogP contribution < -0.4 is 5.32 Å². The van der Waals surface area contributed by atoms with Crippen LogP contribution in [0.5, 0.6) is 0 Å². The molecule has 0 bridgehead atoms. The van der Waals surface area contributed by atoms with E-state index >= 15 is 0 Å². The number of aromatic nitrogens is 2. The van der Waals surface area contributed by atoms with Crippen LogP contribution in [0, 0.1) is 10.1 Å². The summed E-state index contributed by atoms with van der Waals surface area (Å²) in [6, 6.07) is 1.24. The highest BCUT2D eigenvalue weighted by atomic mass is 16.6. The quantitative estimate of drug-likeness (QED) is 0.423. The summed E-state index contributed by atoms with van der Waals surface area (Å²) in [6.45, 7) is 3.76. The number of carbonyl (C=O) groups excluding carboxylic acids is 1. The number of nitrogens with one attached hydrogen (secondary N) is 1. The number of rotatable bonds is 5. The monoisotopic (exact) mass is 210 g/mol. The van der Waals surface area contributed by atoms with Crippen LogP contribution in [0.1, 0.15) is 0 Å². The average molecular weight is 210 g/mol. The molecular weight excluding hydrogens is 200 g/mol. The first kappa shape index (κ1) is 10.9. The molecule has 1 N–H and O–H groups in total. The Balaban J connectivity index is 2.53. The SMILES string of the molecule is C=CCNC(=O)Cn1ccc([N+](=O)[O-])n1. The van der Waals surface area contributed by atoms with Gasteiger partial charge in [-0.3, -0.25) is 4.79 Å². The van der Waals surface area contributed by atoms with Gasteiger partial charge in [-0.15, -0.1) is 6.58 Å². The zero-order valence-corrected chi connectivity index (χ0v) is 7.92. The first-order valence-electron chi connectivity index (χ1n) is 4.19. The van der Waals surface area contributed by atoms with Crippen LogP contribution in [0.3, 0.4) is 0 Å². The van der Waals surface area contributed by atoms with Gasteiger partial charge in [0.1, 0.15) is 6.54 Å². The van der Waals surface area contributed by atoms with Gasteiger partial charge >= 0.3 is 5.82 Å². The molecule has 1 amide bonds. The lowest BCUT2D eigenvalue weighted by Crippen LogP contribution is -2.27. The predicted molar refractivity (Wildman–Crippen MR) is 52.1 cm³/mol. The Kier molecular flexibility index (Phi) is 3.55. The molecule has 0 aliphatic rings. The Morgan fingerprint density at radius 1 is 1.80 bits per heavy atom. The van der Waals surface area contributed by atoms with Gasteiger partial charge in [0.05, 0.1) is 17.4 Å². The van der Waals surface area contributed by atoms with Crippen LogP contribution in [-0.4, -0.2) is 27.2 Å². The van der Waals surface area contributed by atoms with Crippen molar-refractivity contribution in [3.63, 3.8) is 0 Å². The third-order valence-corrected chi connectivity index (χ3v) is 1.56. The zero-order valence-electron chi connectivity index (χ0n) is 7.92. The zero-order chi connectivity index (χ0) is 11.3. The molecule has 7 nitrogen and oxygen atoms in total. The van der Waals surface area contributed by atoms with Crippen LogP contribution in [0.15, 0.2) is 24.9 Å². The Morgan fingerprint density at radius 3 is 3.07 bits per heavy atom. The van der Waals surface area contributed by atoms with Crippen LogP contribution in [0.2, 0.25) is 0 Å². The maximum Gasteiger partial charge on any atom is 0.389 e. The summed E-state index contributed by atoms with van der Waals surface area (Å²) in [4.78, 5) is 20.8. The standard InChI is InChI=1S/C8H10N4O3/c1-2-4-9-8(13)6-11-5-3-7(10-11)12(14)15/h2-3,5H,1,4,6H2,(H,9,13). The summed E-state index contributed by atoms with van der Waals surface area (Å²) >= 11 is 0. The average Bonchev–Trinajstić information content (AvgIpc) is 2.63. The molecule has 0 aliphatic heterocycles. The minimum Gasteiger partial charge on any atom is -0.358 e. The second kappa shape index (κ2) is 4.89. The number of carbonyl (C=O) groups is 1. The van der Waals surface area contributed by atoms with Gasteiger partial charge < -0.3 is 15.4 Å². The van der Waals surface area contributed by atoms with Gasteiger partial charge in [-0.25, -0.2) is 0 Å². The number of nitrogens with zero attached hydrogens (tertiary/aromatic N) is 3. The second-order valence-corrected chi connectivity index (χ2v) is 2.72. The van der Waals surface area contributed by atoms with Crippen LogP contribution >= 0.6 is 0 Å². The Labute approximate surface area is 85.5 Å². The number of hydrogen-bond acceptors (Lipinski definition) is 4. The smallest absolute Gasteiger partial charge is 0.358 e. The van der Waals surface area contributed by atoms with Crippen molar-refractivity contribution in [1.82, 2.24) is 15.1 Å². The fourth-order valence-electron chi connectivity index (χ4n) is 0.925. The van der Waals surface area contributed by atoms with Crippen LogP contribution in [0.4, 0.5) is 5.82 Å². The van der Waals surface area contributed by atoms with Crippen LogP contribution in [-0.2, 0) is 11.3 Å². The highest BCUT2D eigenvalue weighted by molar-refractivity contribution is 5.75. The molecule has 1 heterocycles. The summed E-state index contributed by atoms with van der Waals surface area (Å²) < 4.78 is 1.20. The molecule has 0 unspecified atom stereocenters. The lowest BCUT2D eigenvalue weighted by Gasteiger charge is -1.98. The molecule has 0 saturated heterocycles. The minimum atomic E-state index is -0.613. The molecule has 0 aromatic carbocycles. The van der Waals surface area contributed by atoms with Crippen molar-refractivity contribution in [3.8, 4) is 0 Å². The largest absolute Gasteiger partial charge is 0.389 e. The van der Waals surface area contributed by atoms with E-state index in [1.807, 2.05) is 0 Å². The Morgan fingerprint density at radius 2 is 2.53 bits per heavy atom. The summed E-state index contributed by atoms with van der Waals surface area (Å²) in [5.74, 6) is -0.542. The van der Waals surface area contributed by atoms with Crippen molar-refractivity contribution >= 4 is 11.7 Å². The molecule has 0 radical (unpaired) electrons. The molecule has 15 heavy (non-hydrogen) atoms. The number of amides is 1. The van der Waals surface area contributed by atoms with Crippen molar-refractivity contribution in [2.75, 3.05) is 6.54 Å². The van der Waals surface area contributed by atoms with Crippen molar-refractivity contribution in [2.45, 2.75) is 6.54 Å². The van der Waals surface area contributed by atoms with Gasteiger partial charge in [-0.05, 0) is 4.92 Å². The third kappa shape index (κ3) is 3.22. The molecular formula is C8H10N4O3. The molecule has 7 heteroatoms. The molecule has 1 aromatic heterocycles. The Bertz CT molecular complexity index is 385. The minimum absolute atomic E-state index is 0.0400. The lowest BCUT2D eigenvalue weighted by atomic mass is 10.5. The molecule has 80 valence electrons. The molecule has 1 aromatic rings. The highest BCUT2D eigenvalue weighted by Gasteiger charge is 2.12. The normalized spacial score (nSPS) is 9.60. The van der Waals surface area contributed by atoms with Gasteiger partial charge in [0.2, 0.25) is 5.91 Å². The van der Waals surface area contributed by atoms with E-state index in [9.17, 15) is 14.9 Å². The molecule has 0 atom stereocenters. The maximum atomic E-state index is 11.2. The highest BCUT2D eigenvalue weighted by Crippen LogP contribution is 2.04. The molecule has 0 saturated carbocycles. The van der Waals surface area contributed by atoms with E-state index in [1.165, 1.54) is 16.9 Å². The van der Waals surface area contributed by atoms with Gasteiger partial charge in [0.15, 0.2) is 0 Å². The van der Waals surface area contributed by atoms with E-state index in [2.05, 4.69) is 17.0 Å². The third-order valence-electron chi connectivity index (χ3n) is 1.56. The van der Waals surface area contributed by atoms with Crippen molar-refractivity contribution in [3.05, 3.63) is 35.0 Å². The second-order valence-electron chi connectivity index (χ2n) is 2.72. The van der Waals surface area contributed by atoms with Crippen molar-refractivity contribution < 1.29 is 9.72 Å². The van der Waals surface area contributed by atoms with E-state index in [0.29, 0.717) is 6.54 Å². The van der Waals surface area contributed by atoms with E-state index in [4.69, 9.17) is 0 Å². The maximum absolute atomic E-state index is 11.2. The van der Waals surface area contributed by atoms with Gasteiger partial charge in [-0.2, -0.15) is 4.68 Å². The Hall–Kier alpha value is -2.18. The summed E-state index contributed by atoms with van der Waals surface area (Å²) in [6.07, 6.45) is 2.93. The summed E-state index contributed by atoms with van der Waals surface area (Å²) in [5, 5.41) is 16.4. The first-order chi connectivity index (χ1) is 7.13.